The highest BCUT2D eigenvalue weighted by Gasteiger charge is 2.28. The number of hydrogen-bond donors (Lipinski definition) is 2. The second kappa shape index (κ2) is 7.25. The lowest BCUT2D eigenvalue weighted by molar-refractivity contribution is -0.136. The van der Waals surface area contributed by atoms with Crippen LogP contribution in [0.4, 0.5) is 5.69 Å². The minimum Gasteiger partial charge on any atom is -0.481 e. The van der Waals surface area contributed by atoms with E-state index >= 15 is 0 Å². The van der Waals surface area contributed by atoms with Crippen LogP contribution in [-0.4, -0.2) is 27.1 Å². The van der Waals surface area contributed by atoms with Crippen LogP contribution in [0.25, 0.3) is 0 Å². The molecule has 0 bridgehead atoms. The van der Waals surface area contributed by atoms with E-state index in [2.05, 4.69) is 15.5 Å². The molecule has 3 rings (SSSR count). The second-order valence-electron chi connectivity index (χ2n) is 5.95. The summed E-state index contributed by atoms with van der Waals surface area (Å²) in [6, 6.07) is 6.91. The van der Waals surface area contributed by atoms with Gasteiger partial charge >= 0.3 is 5.97 Å². The Hall–Kier alpha value is -2.70. The summed E-state index contributed by atoms with van der Waals surface area (Å²) in [6.45, 7) is 0. The third kappa shape index (κ3) is 4.41. The molecule has 1 heterocycles. The van der Waals surface area contributed by atoms with E-state index in [1.807, 2.05) is 0 Å². The molecule has 0 aliphatic heterocycles. The number of nitrogens with one attached hydrogen (secondary N) is 1. The SMILES string of the molecule is O=C(O)Cc1ccccc1NC(=O)CCCc1nc(C2CC2)no1. The van der Waals surface area contributed by atoms with Crippen LogP contribution in [0.1, 0.15) is 48.9 Å². The standard InChI is InChI=1S/C17H19N3O4/c21-14(18-13-5-2-1-4-12(13)10-16(22)23)6-3-7-15-19-17(20-24-15)11-8-9-11/h1-2,4-5,11H,3,6-10H2,(H,18,21)(H,22,23). The lowest BCUT2D eigenvalue weighted by Gasteiger charge is -2.09. The van der Waals surface area contributed by atoms with E-state index in [9.17, 15) is 9.59 Å². The Bertz CT molecular complexity index is 737. The van der Waals surface area contributed by atoms with Crippen molar-refractivity contribution >= 4 is 17.6 Å². The number of anilines is 1. The molecular formula is C17H19N3O4. The van der Waals surface area contributed by atoms with Crippen molar-refractivity contribution in [2.45, 2.75) is 44.4 Å². The van der Waals surface area contributed by atoms with Crippen molar-refractivity contribution in [1.29, 1.82) is 0 Å². The lowest BCUT2D eigenvalue weighted by Crippen LogP contribution is -2.14. The Morgan fingerprint density at radius 1 is 1.29 bits per heavy atom. The van der Waals surface area contributed by atoms with Gasteiger partial charge in [-0.25, -0.2) is 0 Å². The van der Waals surface area contributed by atoms with Gasteiger partial charge in [-0.1, -0.05) is 23.4 Å². The first kappa shape index (κ1) is 16.2. The monoisotopic (exact) mass is 329 g/mol. The summed E-state index contributed by atoms with van der Waals surface area (Å²) in [6.07, 6.45) is 3.59. The number of carbonyl (C=O) groups is 2. The number of aromatic nitrogens is 2. The van der Waals surface area contributed by atoms with Gasteiger partial charge in [0.1, 0.15) is 0 Å². The molecule has 0 atom stereocenters. The lowest BCUT2D eigenvalue weighted by atomic mass is 10.1. The number of benzene rings is 1. The number of para-hydroxylation sites is 1. The number of aryl methyl sites for hydroxylation is 1. The molecule has 1 aromatic heterocycles. The highest BCUT2D eigenvalue weighted by molar-refractivity contribution is 5.92. The molecule has 0 saturated heterocycles. The Morgan fingerprint density at radius 3 is 2.83 bits per heavy atom. The van der Waals surface area contributed by atoms with Crippen LogP contribution in [0.2, 0.25) is 0 Å². The number of aliphatic carboxylic acids is 1. The zero-order chi connectivity index (χ0) is 16.9. The van der Waals surface area contributed by atoms with Crippen molar-refractivity contribution in [2.24, 2.45) is 0 Å². The predicted octanol–water partition coefficient (Wildman–Crippen LogP) is 2.54. The van der Waals surface area contributed by atoms with Gasteiger partial charge in [0.15, 0.2) is 5.82 Å². The third-order valence-electron chi connectivity index (χ3n) is 3.85. The summed E-state index contributed by atoms with van der Waals surface area (Å²) in [7, 11) is 0. The normalized spacial score (nSPS) is 13.7. The average molecular weight is 329 g/mol. The number of carboxylic acid groups (broad SMARTS) is 1. The topological polar surface area (TPSA) is 105 Å². The quantitative estimate of drug-likeness (QED) is 0.771. The van der Waals surface area contributed by atoms with Gasteiger partial charge < -0.3 is 14.9 Å². The zero-order valence-electron chi connectivity index (χ0n) is 13.2. The van der Waals surface area contributed by atoms with Crippen LogP contribution in [0, 0.1) is 0 Å². The van der Waals surface area contributed by atoms with E-state index in [0.717, 1.165) is 18.7 Å². The fourth-order valence-corrected chi connectivity index (χ4v) is 2.45. The van der Waals surface area contributed by atoms with Crippen molar-refractivity contribution in [3.63, 3.8) is 0 Å². The maximum Gasteiger partial charge on any atom is 0.307 e. The van der Waals surface area contributed by atoms with Crippen LogP contribution < -0.4 is 5.32 Å². The summed E-state index contributed by atoms with van der Waals surface area (Å²) in [5.41, 5.74) is 1.13. The number of rotatable bonds is 8. The van der Waals surface area contributed by atoms with Crippen molar-refractivity contribution in [2.75, 3.05) is 5.32 Å². The molecule has 24 heavy (non-hydrogen) atoms. The van der Waals surface area contributed by atoms with E-state index in [0.29, 0.717) is 42.3 Å². The van der Waals surface area contributed by atoms with Crippen molar-refractivity contribution in [3.8, 4) is 0 Å². The maximum absolute atomic E-state index is 12.0. The van der Waals surface area contributed by atoms with E-state index in [1.54, 1.807) is 24.3 Å². The highest BCUT2D eigenvalue weighted by Crippen LogP contribution is 2.38. The smallest absolute Gasteiger partial charge is 0.307 e. The summed E-state index contributed by atoms with van der Waals surface area (Å²) >= 11 is 0. The minimum absolute atomic E-state index is 0.123. The fourth-order valence-electron chi connectivity index (χ4n) is 2.45. The molecule has 1 amide bonds. The molecule has 1 aliphatic carbocycles. The molecule has 2 N–H and O–H groups in total. The molecule has 1 aromatic carbocycles. The van der Waals surface area contributed by atoms with Gasteiger partial charge in [0.05, 0.1) is 6.42 Å². The van der Waals surface area contributed by atoms with Gasteiger partial charge in [-0.2, -0.15) is 4.98 Å². The van der Waals surface area contributed by atoms with Crippen molar-refractivity contribution in [1.82, 2.24) is 10.1 Å². The molecule has 0 radical (unpaired) electrons. The van der Waals surface area contributed by atoms with Crippen molar-refractivity contribution < 1.29 is 19.2 Å². The third-order valence-corrected chi connectivity index (χ3v) is 3.85. The van der Waals surface area contributed by atoms with E-state index < -0.39 is 5.97 Å². The molecule has 0 spiro atoms. The van der Waals surface area contributed by atoms with E-state index in [-0.39, 0.29) is 12.3 Å². The van der Waals surface area contributed by atoms with Gasteiger partial charge in [0, 0.05) is 24.4 Å². The van der Waals surface area contributed by atoms with Crippen LogP contribution in [-0.2, 0) is 22.4 Å². The molecule has 2 aromatic rings. The molecule has 1 fully saturated rings. The van der Waals surface area contributed by atoms with Crippen LogP contribution >= 0.6 is 0 Å². The summed E-state index contributed by atoms with van der Waals surface area (Å²) in [5.74, 6) is 0.707. The first-order valence-corrected chi connectivity index (χ1v) is 8.04. The van der Waals surface area contributed by atoms with Crippen LogP contribution in [0.5, 0.6) is 0 Å². The summed E-state index contributed by atoms with van der Waals surface area (Å²) in [5, 5.41) is 15.6. The molecule has 7 nitrogen and oxygen atoms in total. The average Bonchev–Trinajstić information content (AvgIpc) is 3.28. The fraction of sp³-hybridized carbons (Fsp3) is 0.412. The summed E-state index contributed by atoms with van der Waals surface area (Å²) < 4.78 is 5.17. The van der Waals surface area contributed by atoms with Gasteiger partial charge in [0.2, 0.25) is 11.8 Å². The summed E-state index contributed by atoms with van der Waals surface area (Å²) in [4.78, 5) is 27.2. The first-order chi connectivity index (χ1) is 11.6. The number of hydrogen-bond acceptors (Lipinski definition) is 5. The minimum atomic E-state index is -0.931. The second-order valence-corrected chi connectivity index (χ2v) is 5.95. The first-order valence-electron chi connectivity index (χ1n) is 8.04. The Kier molecular flexibility index (Phi) is 4.88. The van der Waals surface area contributed by atoms with E-state index in [1.165, 1.54) is 0 Å². The van der Waals surface area contributed by atoms with Crippen molar-refractivity contribution in [3.05, 3.63) is 41.5 Å². The molecule has 0 unspecified atom stereocenters. The van der Waals surface area contributed by atoms with Gasteiger partial charge in [-0.3, -0.25) is 9.59 Å². The molecule has 1 saturated carbocycles. The van der Waals surface area contributed by atoms with E-state index in [4.69, 9.17) is 9.63 Å². The number of carbonyl (C=O) groups excluding carboxylic acids is 1. The highest BCUT2D eigenvalue weighted by atomic mass is 16.5. The Morgan fingerprint density at radius 2 is 2.08 bits per heavy atom. The van der Waals surface area contributed by atoms with Crippen LogP contribution in [0.3, 0.4) is 0 Å². The van der Waals surface area contributed by atoms with Gasteiger partial charge in [0.25, 0.3) is 0 Å². The maximum atomic E-state index is 12.0. The largest absolute Gasteiger partial charge is 0.481 e. The number of nitrogens with zero attached hydrogens (tertiary/aromatic N) is 2. The molecule has 1 aliphatic rings. The van der Waals surface area contributed by atoms with Gasteiger partial charge in [-0.15, -0.1) is 0 Å². The number of amides is 1. The molecule has 126 valence electrons. The molecular weight excluding hydrogens is 310 g/mol. The Balaban J connectivity index is 1.47. The Labute approximate surface area is 139 Å². The van der Waals surface area contributed by atoms with Crippen LogP contribution in [0.15, 0.2) is 28.8 Å². The van der Waals surface area contributed by atoms with Gasteiger partial charge in [-0.05, 0) is 30.9 Å². The molecule has 7 heteroatoms. The predicted molar refractivity (Wildman–Crippen MR) is 85.6 cm³/mol. The number of carboxylic acids is 1. The zero-order valence-corrected chi connectivity index (χ0v) is 13.2.